The summed E-state index contributed by atoms with van der Waals surface area (Å²) >= 11 is 6.37. The Morgan fingerprint density at radius 2 is 1.74 bits per heavy atom. The molecule has 0 amide bonds. The summed E-state index contributed by atoms with van der Waals surface area (Å²) in [7, 11) is 1.42. The van der Waals surface area contributed by atoms with Gasteiger partial charge in [-0.25, -0.2) is 0 Å². The van der Waals surface area contributed by atoms with Crippen molar-refractivity contribution in [3.8, 4) is 11.4 Å². The van der Waals surface area contributed by atoms with Crippen LogP contribution in [0.3, 0.4) is 0 Å². The Bertz CT molecular complexity index is 1630. The maximum absolute atomic E-state index is 14.7. The van der Waals surface area contributed by atoms with Gasteiger partial charge < -0.3 is 15.2 Å². The highest BCUT2D eigenvalue weighted by Gasteiger charge is 2.64. The van der Waals surface area contributed by atoms with Gasteiger partial charge in [-0.05, 0) is 60.7 Å². The van der Waals surface area contributed by atoms with Gasteiger partial charge in [-0.15, -0.1) is 0 Å². The van der Waals surface area contributed by atoms with Crippen molar-refractivity contribution in [3.05, 3.63) is 98.8 Å². The van der Waals surface area contributed by atoms with E-state index >= 15 is 0 Å². The van der Waals surface area contributed by atoms with Crippen molar-refractivity contribution in [1.82, 2.24) is 4.57 Å². The number of methoxy groups -OCH3 is 1. The number of aliphatic hydroxyl groups is 1. The van der Waals surface area contributed by atoms with Gasteiger partial charge >= 0.3 is 6.18 Å². The van der Waals surface area contributed by atoms with Crippen LogP contribution in [0.1, 0.15) is 43.0 Å². The number of nitrogens with one attached hydrogen (secondary N) is 1. The number of hydrogen-bond donors (Lipinski definition) is 2. The first kappa shape index (κ1) is 27.1. The van der Waals surface area contributed by atoms with E-state index in [9.17, 15) is 23.1 Å². The molecule has 0 radical (unpaired) electrons. The number of alkyl halides is 3. The molecule has 1 aliphatic rings. The molecular formula is C30H28ClF3N2O3. The van der Waals surface area contributed by atoms with E-state index in [1.165, 1.54) is 29.9 Å². The molecule has 0 saturated heterocycles. The Morgan fingerprint density at radius 1 is 1.05 bits per heavy atom. The SMILES string of the molecule is COc1c(Cl)ccc2c1C(C)(C)CC(O)(C(F)(F)F)C2Nc1cccc2c1ccc(=O)n2-c1ccc(C)cc1. The number of nitrogens with zero attached hydrogens (tertiary/aromatic N) is 1. The number of rotatable bonds is 4. The zero-order valence-corrected chi connectivity index (χ0v) is 22.6. The molecular weight excluding hydrogens is 529 g/mol. The van der Waals surface area contributed by atoms with E-state index in [1.54, 1.807) is 38.1 Å². The molecule has 2 unspecified atom stereocenters. The van der Waals surface area contributed by atoms with Crippen molar-refractivity contribution in [2.45, 2.75) is 50.4 Å². The average Bonchev–Trinajstić information content (AvgIpc) is 2.86. The number of pyridine rings is 1. The predicted octanol–water partition coefficient (Wildman–Crippen LogP) is 7.09. The molecule has 0 bridgehead atoms. The highest BCUT2D eigenvalue weighted by atomic mass is 35.5. The number of halogens is 4. The third kappa shape index (κ3) is 4.36. The number of fused-ring (bicyclic) bond motifs is 2. The van der Waals surface area contributed by atoms with E-state index < -0.39 is 29.7 Å². The summed E-state index contributed by atoms with van der Waals surface area (Å²) in [5, 5.41) is 15.2. The molecule has 0 saturated carbocycles. The molecule has 0 fully saturated rings. The van der Waals surface area contributed by atoms with Crippen molar-refractivity contribution in [3.63, 3.8) is 0 Å². The predicted molar refractivity (Wildman–Crippen MR) is 147 cm³/mol. The molecule has 3 aromatic carbocycles. The highest BCUT2D eigenvalue weighted by molar-refractivity contribution is 6.32. The van der Waals surface area contributed by atoms with Crippen LogP contribution in [0.25, 0.3) is 16.6 Å². The minimum Gasteiger partial charge on any atom is -0.495 e. The number of aryl methyl sites for hydroxylation is 1. The lowest BCUT2D eigenvalue weighted by Crippen LogP contribution is -2.58. The third-order valence-electron chi connectivity index (χ3n) is 7.54. The number of benzene rings is 3. The van der Waals surface area contributed by atoms with E-state index in [0.29, 0.717) is 27.8 Å². The van der Waals surface area contributed by atoms with Crippen LogP contribution >= 0.6 is 11.6 Å². The minimum absolute atomic E-state index is 0.233. The fourth-order valence-electron chi connectivity index (χ4n) is 5.81. The Labute approximate surface area is 228 Å². The van der Waals surface area contributed by atoms with Crippen LogP contribution in [0, 0.1) is 6.92 Å². The van der Waals surface area contributed by atoms with Gasteiger partial charge in [0.05, 0.1) is 23.7 Å². The first-order chi connectivity index (χ1) is 18.3. The van der Waals surface area contributed by atoms with Gasteiger partial charge in [-0.3, -0.25) is 9.36 Å². The summed E-state index contributed by atoms with van der Waals surface area (Å²) in [6.07, 6.45) is -5.58. The maximum Gasteiger partial charge on any atom is 0.419 e. The second-order valence-corrected chi connectivity index (χ2v) is 11.1. The largest absolute Gasteiger partial charge is 0.495 e. The van der Waals surface area contributed by atoms with Crippen molar-refractivity contribution >= 4 is 28.2 Å². The fraction of sp³-hybridized carbons (Fsp3) is 0.300. The second-order valence-electron chi connectivity index (χ2n) is 10.7. The lowest BCUT2D eigenvalue weighted by Gasteiger charge is -2.49. The number of aromatic nitrogens is 1. The molecule has 2 N–H and O–H groups in total. The lowest BCUT2D eigenvalue weighted by atomic mass is 9.63. The van der Waals surface area contributed by atoms with Crippen molar-refractivity contribution in [2.24, 2.45) is 0 Å². The molecule has 1 aromatic heterocycles. The van der Waals surface area contributed by atoms with Gasteiger partial charge in [0, 0.05) is 28.4 Å². The summed E-state index contributed by atoms with van der Waals surface area (Å²) < 4.78 is 51.0. The molecule has 5 nitrogen and oxygen atoms in total. The van der Waals surface area contributed by atoms with Gasteiger partial charge in [0.25, 0.3) is 5.56 Å². The topological polar surface area (TPSA) is 63.5 Å². The number of anilines is 1. The molecule has 4 aromatic rings. The second kappa shape index (κ2) is 9.31. The van der Waals surface area contributed by atoms with Gasteiger partial charge in [0.2, 0.25) is 0 Å². The summed E-state index contributed by atoms with van der Waals surface area (Å²) in [6, 6.07) is 16.8. The van der Waals surface area contributed by atoms with Gasteiger partial charge in [-0.2, -0.15) is 13.2 Å². The van der Waals surface area contributed by atoms with Crippen LogP contribution in [-0.2, 0) is 5.41 Å². The zero-order chi connectivity index (χ0) is 28.3. The van der Waals surface area contributed by atoms with Gasteiger partial charge in [-0.1, -0.05) is 55.3 Å². The average molecular weight is 557 g/mol. The summed E-state index contributed by atoms with van der Waals surface area (Å²) in [6.45, 7) is 5.20. The Morgan fingerprint density at radius 3 is 2.38 bits per heavy atom. The standard InChI is InChI=1S/C30H28ClF3N2O3/c1-17-8-10-18(11-9-17)36-23-7-5-6-22(19(23)13-15-24(36)37)35-27-20-12-14-21(31)26(39-4)25(20)28(2,3)16-29(27,38)30(32,33)34/h5-15,27,35,38H,16H2,1-4H3. The van der Waals surface area contributed by atoms with Crippen molar-refractivity contribution in [1.29, 1.82) is 0 Å². The highest BCUT2D eigenvalue weighted by Crippen LogP contribution is 2.57. The normalized spacial score (nSPS) is 20.5. The molecule has 0 aliphatic heterocycles. The van der Waals surface area contributed by atoms with Crippen LogP contribution in [0.2, 0.25) is 5.02 Å². The Hall–Kier alpha value is -3.49. The van der Waals surface area contributed by atoms with Crippen LogP contribution in [0.15, 0.2) is 71.5 Å². The van der Waals surface area contributed by atoms with Crippen LogP contribution in [-0.4, -0.2) is 28.6 Å². The van der Waals surface area contributed by atoms with Crippen LogP contribution in [0.4, 0.5) is 18.9 Å². The molecule has 204 valence electrons. The van der Waals surface area contributed by atoms with Gasteiger partial charge in [0.15, 0.2) is 5.60 Å². The van der Waals surface area contributed by atoms with Crippen LogP contribution in [0.5, 0.6) is 5.75 Å². The van der Waals surface area contributed by atoms with E-state index in [1.807, 2.05) is 31.2 Å². The molecule has 0 spiro atoms. The molecule has 1 heterocycles. The summed E-state index contributed by atoms with van der Waals surface area (Å²) in [4.78, 5) is 12.9. The van der Waals surface area contributed by atoms with Crippen molar-refractivity contribution < 1.29 is 23.0 Å². The van der Waals surface area contributed by atoms with Gasteiger partial charge in [0.1, 0.15) is 5.75 Å². The Kier molecular flexibility index (Phi) is 6.47. The smallest absolute Gasteiger partial charge is 0.419 e. The fourth-order valence-corrected chi connectivity index (χ4v) is 6.04. The molecule has 1 aliphatic carbocycles. The molecule has 2 atom stereocenters. The first-order valence-corrected chi connectivity index (χ1v) is 12.8. The summed E-state index contributed by atoms with van der Waals surface area (Å²) in [5.74, 6) is 0.279. The van der Waals surface area contributed by atoms with E-state index in [2.05, 4.69) is 5.32 Å². The summed E-state index contributed by atoms with van der Waals surface area (Å²) in [5.41, 5.74) is -1.28. The molecule has 9 heteroatoms. The quantitative estimate of drug-likeness (QED) is 0.282. The van der Waals surface area contributed by atoms with E-state index in [4.69, 9.17) is 16.3 Å². The minimum atomic E-state index is -4.96. The molecule has 5 rings (SSSR count). The Balaban J connectivity index is 1.74. The van der Waals surface area contributed by atoms with Crippen LogP contribution < -0.4 is 15.6 Å². The molecule has 39 heavy (non-hydrogen) atoms. The third-order valence-corrected chi connectivity index (χ3v) is 7.84. The van der Waals surface area contributed by atoms with E-state index in [0.717, 1.165) is 5.56 Å². The first-order valence-electron chi connectivity index (χ1n) is 12.4. The van der Waals surface area contributed by atoms with Crippen molar-refractivity contribution in [2.75, 3.05) is 12.4 Å². The maximum atomic E-state index is 14.7. The lowest BCUT2D eigenvalue weighted by molar-refractivity contribution is -0.275. The zero-order valence-electron chi connectivity index (χ0n) is 21.9. The number of hydrogen-bond acceptors (Lipinski definition) is 4. The van der Waals surface area contributed by atoms with E-state index in [-0.39, 0.29) is 21.9 Å². The number of ether oxygens (including phenoxy) is 1. The monoisotopic (exact) mass is 556 g/mol.